The standard InChI is InChI=1S/C25H21ClN2O4/c1-15-5-3-4-6-18(15)22-21(23(29)17-7-8-19(26)20(13-17)32-2)24(30)25(31)28(22)14-16-9-11-27-12-10-16/h3-13,22,29H,14H2,1-2H3/b23-21+. The molecule has 7 heteroatoms. The summed E-state index contributed by atoms with van der Waals surface area (Å²) in [6.07, 6.45) is 3.27. The SMILES string of the molecule is COc1cc(/C(O)=C2\C(=O)C(=O)N(Cc3ccncc3)C2c2ccccc2C)ccc1Cl. The first-order chi connectivity index (χ1) is 15.4. The van der Waals surface area contributed by atoms with Crippen molar-refractivity contribution in [2.45, 2.75) is 19.5 Å². The summed E-state index contributed by atoms with van der Waals surface area (Å²) in [5.41, 5.74) is 2.87. The van der Waals surface area contributed by atoms with Crippen molar-refractivity contribution < 1.29 is 19.4 Å². The maximum absolute atomic E-state index is 13.2. The van der Waals surface area contributed by atoms with Gasteiger partial charge in [-0.1, -0.05) is 35.9 Å². The van der Waals surface area contributed by atoms with Gasteiger partial charge in [-0.25, -0.2) is 0 Å². The third-order valence-corrected chi connectivity index (χ3v) is 5.86. The number of rotatable bonds is 5. The average Bonchev–Trinajstić information content (AvgIpc) is 3.05. The Hall–Kier alpha value is -3.64. The van der Waals surface area contributed by atoms with E-state index in [9.17, 15) is 14.7 Å². The number of likely N-dealkylation sites (tertiary alicyclic amines) is 1. The second kappa shape index (κ2) is 8.85. The van der Waals surface area contributed by atoms with Crippen LogP contribution in [-0.2, 0) is 16.1 Å². The number of Topliss-reactive ketones (excluding diaryl/α,β-unsaturated/α-hetero) is 1. The van der Waals surface area contributed by atoms with Crippen molar-refractivity contribution in [2.75, 3.05) is 7.11 Å². The highest BCUT2D eigenvalue weighted by atomic mass is 35.5. The van der Waals surface area contributed by atoms with Crippen molar-refractivity contribution in [3.05, 3.63) is 99.8 Å². The first-order valence-corrected chi connectivity index (χ1v) is 10.4. The molecule has 6 nitrogen and oxygen atoms in total. The van der Waals surface area contributed by atoms with Crippen molar-refractivity contribution in [1.29, 1.82) is 0 Å². The molecule has 1 atom stereocenters. The van der Waals surface area contributed by atoms with E-state index in [1.807, 2.05) is 31.2 Å². The van der Waals surface area contributed by atoms with E-state index in [1.165, 1.54) is 12.0 Å². The molecule has 1 aliphatic rings. The van der Waals surface area contributed by atoms with Crippen molar-refractivity contribution in [2.24, 2.45) is 0 Å². The smallest absolute Gasteiger partial charge is 0.295 e. The van der Waals surface area contributed by atoms with Crippen LogP contribution in [0.2, 0.25) is 5.02 Å². The Bertz CT molecular complexity index is 1220. The Morgan fingerprint density at radius 3 is 2.53 bits per heavy atom. The summed E-state index contributed by atoms with van der Waals surface area (Å²) in [7, 11) is 1.46. The molecule has 162 valence electrons. The number of ketones is 1. The number of aliphatic hydroxyl groups excluding tert-OH is 1. The predicted molar refractivity (Wildman–Crippen MR) is 121 cm³/mol. The van der Waals surface area contributed by atoms with E-state index in [2.05, 4.69) is 4.98 Å². The molecule has 0 aliphatic carbocycles. The number of aliphatic hydroxyl groups is 1. The van der Waals surface area contributed by atoms with Crippen LogP contribution < -0.4 is 4.74 Å². The number of hydrogen-bond acceptors (Lipinski definition) is 5. The first-order valence-electron chi connectivity index (χ1n) is 9.99. The van der Waals surface area contributed by atoms with E-state index >= 15 is 0 Å². The van der Waals surface area contributed by atoms with Crippen molar-refractivity contribution in [3.8, 4) is 5.75 Å². The Morgan fingerprint density at radius 1 is 1.12 bits per heavy atom. The molecule has 32 heavy (non-hydrogen) atoms. The minimum Gasteiger partial charge on any atom is -0.507 e. The van der Waals surface area contributed by atoms with Crippen LogP contribution in [-0.4, -0.2) is 33.8 Å². The summed E-state index contributed by atoms with van der Waals surface area (Å²) in [5, 5.41) is 11.6. The number of carbonyl (C=O) groups is 2. The minimum absolute atomic E-state index is 0.0303. The van der Waals surface area contributed by atoms with Gasteiger partial charge in [0.05, 0.1) is 23.7 Å². The summed E-state index contributed by atoms with van der Waals surface area (Å²) < 4.78 is 5.24. The number of halogens is 1. The summed E-state index contributed by atoms with van der Waals surface area (Å²) >= 11 is 6.11. The Morgan fingerprint density at radius 2 is 1.84 bits per heavy atom. The molecule has 1 amide bonds. The number of ether oxygens (including phenoxy) is 1. The lowest BCUT2D eigenvalue weighted by molar-refractivity contribution is -0.140. The highest BCUT2D eigenvalue weighted by molar-refractivity contribution is 6.46. The van der Waals surface area contributed by atoms with Crippen LogP contribution in [0.25, 0.3) is 5.76 Å². The summed E-state index contributed by atoms with van der Waals surface area (Å²) in [6.45, 7) is 2.11. The molecule has 3 aromatic rings. The lowest BCUT2D eigenvalue weighted by Crippen LogP contribution is -2.29. The molecule has 0 bridgehead atoms. The van der Waals surface area contributed by atoms with E-state index < -0.39 is 17.7 Å². The van der Waals surface area contributed by atoms with Crippen molar-refractivity contribution in [3.63, 3.8) is 0 Å². The normalized spacial score (nSPS) is 17.6. The molecule has 1 fully saturated rings. The van der Waals surface area contributed by atoms with Crippen LogP contribution in [0, 0.1) is 6.92 Å². The summed E-state index contributed by atoms with van der Waals surface area (Å²) in [5.74, 6) is -1.32. The molecule has 2 aromatic carbocycles. The van der Waals surface area contributed by atoms with E-state index in [0.29, 0.717) is 16.3 Å². The monoisotopic (exact) mass is 448 g/mol. The average molecular weight is 449 g/mol. The van der Waals surface area contributed by atoms with Crippen LogP contribution in [0.3, 0.4) is 0 Å². The van der Waals surface area contributed by atoms with Gasteiger partial charge < -0.3 is 14.7 Å². The van der Waals surface area contributed by atoms with Gasteiger partial charge in [-0.15, -0.1) is 0 Å². The first kappa shape index (κ1) is 21.6. The number of aromatic nitrogens is 1. The van der Waals surface area contributed by atoms with Gasteiger partial charge in [-0.05, 0) is 53.9 Å². The molecule has 1 unspecified atom stereocenters. The molecular formula is C25H21ClN2O4. The van der Waals surface area contributed by atoms with Gasteiger partial charge in [0.1, 0.15) is 11.5 Å². The van der Waals surface area contributed by atoms with Crippen molar-refractivity contribution in [1.82, 2.24) is 9.88 Å². The predicted octanol–water partition coefficient (Wildman–Crippen LogP) is 4.67. The number of aryl methyl sites for hydroxylation is 1. The zero-order valence-electron chi connectivity index (χ0n) is 17.6. The zero-order chi connectivity index (χ0) is 22.8. The molecule has 0 spiro atoms. The molecule has 1 aliphatic heterocycles. The zero-order valence-corrected chi connectivity index (χ0v) is 18.3. The highest BCUT2D eigenvalue weighted by Gasteiger charge is 2.46. The molecule has 1 saturated heterocycles. The molecule has 0 radical (unpaired) electrons. The van der Waals surface area contributed by atoms with Gasteiger partial charge in [0, 0.05) is 24.5 Å². The van der Waals surface area contributed by atoms with Crippen LogP contribution in [0.15, 0.2) is 72.6 Å². The lowest BCUT2D eigenvalue weighted by Gasteiger charge is -2.26. The third kappa shape index (κ3) is 3.85. The number of nitrogens with zero attached hydrogens (tertiary/aromatic N) is 2. The van der Waals surface area contributed by atoms with Gasteiger partial charge in [0.25, 0.3) is 11.7 Å². The molecule has 4 rings (SSSR count). The molecule has 2 heterocycles. The van der Waals surface area contributed by atoms with Crippen LogP contribution in [0.4, 0.5) is 0 Å². The fourth-order valence-corrected chi connectivity index (χ4v) is 4.10. The number of methoxy groups -OCH3 is 1. The molecule has 1 N–H and O–H groups in total. The maximum atomic E-state index is 13.2. The number of amides is 1. The second-order valence-corrected chi connectivity index (χ2v) is 7.90. The van der Waals surface area contributed by atoms with Gasteiger partial charge in [0.2, 0.25) is 0 Å². The second-order valence-electron chi connectivity index (χ2n) is 7.49. The summed E-state index contributed by atoms with van der Waals surface area (Å²) in [4.78, 5) is 31.8. The number of pyridine rings is 1. The highest BCUT2D eigenvalue weighted by Crippen LogP contribution is 2.42. The largest absolute Gasteiger partial charge is 0.507 e. The third-order valence-electron chi connectivity index (χ3n) is 5.55. The Labute approximate surface area is 190 Å². The topological polar surface area (TPSA) is 79.7 Å². The van der Waals surface area contributed by atoms with E-state index in [4.69, 9.17) is 16.3 Å². The van der Waals surface area contributed by atoms with Gasteiger partial charge in [-0.2, -0.15) is 0 Å². The van der Waals surface area contributed by atoms with Crippen LogP contribution in [0.1, 0.15) is 28.3 Å². The fraction of sp³-hybridized carbons (Fsp3) is 0.160. The molecule has 0 saturated carbocycles. The van der Waals surface area contributed by atoms with E-state index in [0.717, 1.165) is 16.7 Å². The van der Waals surface area contributed by atoms with Gasteiger partial charge in [0.15, 0.2) is 0 Å². The lowest BCUT2D eigenvalue weighted by atomic mass is 9.92. The Balaban J connectivity index is 1.90. The number of carbonyl (C=O) groups excluding carboxylic acids is 2. The molecule has 1 aromatic heterocycles. The van der Waals surface area contributed by atoms with Gasteiger partial charge in [-0.3, -0.25) is 14.6 Å². The molecular weight excluding hydrogens is 428 g/mol. The maximum Gasteiger partial charge on any atom is 0.295 e. The Kier molecular flexibility index (Phi) is 5.97. The fourth-order valence-electron chi connectivity index (χ4n) is 3.91. The minimum atomic E-state index is -0.744. The number of benzene rings is 2. The summed E-state index contributed by atoms with van der Waals surface area (Å²) in [6, 6.07) is 15.0. The van der Waals surface area contributed by atoms with Crippen molar-refractivity contribution >= 4 is 29.1 Å². The number of hydrogen-bond donors (Lipinski definition) is 1. The van der Waals surface area contributed by atoms with Gasteiger partial charge >= 0.3 is 0 Å². The van der Waals surface area contributed by atoms with E-state index in [-0.39, 0.29) is 17.9 Å². The quantitative estimate of drug-likeness (QED) is 0.348. The van der Waals surface area contributed by atoms with Crippen LogP contribution in [0.5, 0.6) is 5.75 Å². The van der Waals surface area contributed by atoms with Crippen LogP contribution >= 0.6 is 11.6 Å². The van der Waals surface area contributed by atoms with E-state index in [1.54, 1.807) is 42.7 Å².